The number of carbonyl (C=O) groups excluding carboxylic acids is 1. The maximum absolute atomic E-state index is 12.5. The Hall–Kier alpha value is -2.85. The number of hydrogen-bond acceptors (Lipinski definition) is 2. The molecular weight excluding hydrogens is 346 g/mol. The molecule has 1 atom stereocenters. The van der Waals surface area contributed by atoms with Crippen LogP contribution in [0.5, 0.6) is 0 Å². The molecule has 4 nitrogen and oxygen atoms in total. The third kappa shape index (κ3) is 2.54. The van der Waals surface area contributed by atoms with E-state index in [1.54, 1.807) is 4.90 Å². The van der Waals surface area contributed by atoms with Crippen LogP contribution in [-0.2, 0) is 4.79 Å². The number of nitrogens with zero attached hydrogens (tertiary/aromatic N) is 2. The van der Waals surface area contributed by atoms with Gasteiger partial charge >= 0.3 is 0 Å². The van der Waals surface area contributed by atoms with Gasteiger partial charge in [-0.1, -0.05) is 41.9 Å². The minimum absolute atomic E-state index is 0.0528. The molecule has 5 heteroatoms. The summed E-state index contributed by atoms with van der Waals surface area (Å²) in [5.74, 6) is 1.02. The molecule has 128 valence electrons. The molecule has 0 bridgehead atoms. The van der Waals surface area contributed by atoms with Crippen molar-refractivity contribution in [1.29, 1.82) is 0 Å². The second-order valence-electron chi connectivity index (χ2n) is 6.72. The molecule has 26 heavy (non-hydrogen) atoms. The number of fused-ring (bicyclic) bond motifs is 2. The van der Waals surface area contributed by atoms with Crippen molar-refractivity contribution in [3.8, 4) is 0 Å². The van der Waals surface area contributed by atoms with E-state index in [4.69, 9.17) is 16.6 Å². The van der Waals surface area contributed by atoms with E-state index in [1.165, 1.54) is 10.8 Å². The van der Waals surface area contributed by atoms with Gasteiger partial charge in [-0.3, -0.25) is 4.79 Å². The van der Waals surface area contributed by atoms with Crippen molar-refractivity contribution in [2.24, 2.45) is 0 Å². The summed E-state index contributed by atoms with van der Waals surface area (Å²) in [5, 5.41) is 2.98. The average Bonchev–Trinajstić information content (AvgIpc) is 3.22. The minimum atomic E-state index is 0.0528. The number of benzene rings is 3. The summed E-state index contributed by atoms with van der Waals surface area (Å²) in [4.78, 5) is 22.5. The number of anilines is 1. The van der Waals surface area contributed by atoms with E-state index in [9.17, 15) is 4.79 Å². The molecule has 2 heterocycles. The van der Waals surface area contributed by atoms with Crippen molar-refractivity contribution in [1.82, 2.24) is 9.97 Å². The Morgan fingerprint density at radius 2 is 1.85 bits per heavy atom. The van der Waals surface area contributed by atoms with Crippen LogP contribution >= 0.6 is 11.6 Å². The Kier molecular flexibility index (Phi) is 3.47. The lowest BCUT2D eigenvalue weighted by molar-refractivity contribution is -0.117. The van der Waals surface area contributed by atoms with E-state index in [1.807, 2.05) is 36.4 Å². The van der Waals surface area contributed by atoms with Crippen LogP contribution < -0.4 is 4.90 Å². The third-order valence-electron chi connectivity index (χ3n) is 5.00. The van der Waals surface area contributed by atoms with E-state index in [0.29, 0.717) is 18.0 Å². The van der Waals surface area contributed by atoms with Gasteiger partial charge in [0.25, 0.3) is 0 Å². The summed E-state index contributed by atoms with van der Waals surface area (Å²) >= 11 is 6.07. The molecule has 1 aromatic heterocycles. The Balaban J connectivity index is 1.50. The highest BCUT2D eigenvalue weighted by Gasteiger charge is 2.33. The largest absolute Gasteiger partial charge is 0.342 e. The fraction of sp³-hybridized carbons (Fsp3) is 0.143. The number of amides is 1. The number of rotatable bonds is 2. The van der Waals surface area contributed by atoms with Crippen LogP contribution in [0.25, 0.3) is 21.8 Å². The van der Waals surface area contributed by atoms with Crippen LogP contribution in [0.1, 0.15) is 18.2 Å². The molecule has 1 N–H and O–H groups in total. The molecule has 1 fully saturated rings. The molecule has 1 aliphatic heterocycles. The van der Waals surface area contributed by atoms with E-state index >= 15 is 0 Å². The van der Waals surface area contributed by atoms with Crippen LogP contribution in [0.3, 0.4) is 0 Å². The molecule has 1 aliphatic rings. The molecule has 1 saturated heterocycles. The number of imidazole rings is 1. The number of hydrogen-bond donors (Lipinski definition) is 1. The van der Waals surface area contributed by atoms with Gasteiger partial charge in [0, 0.05) is 29.6 Å². The smallest absolute Gasteiger partial charge is 0.227 e. The van der Waals surface area contributed by atoms with Crippen molar-refractivity contribution < 1.29 is 4.79 Å². The number of halogens is 1. The van der Waals surface area contributed by atoms with Crippen LogP contribution in [0, 0.1) is 0 Å². The van der Waals surface area contributed by atoms with Gasteiger partial charge < -0.3 is 9.88 Å². The quantitative estimate of drug-likeness (QED) is 0.552. The fourth-order valence-corrected chi connectivity index (χ4v) is 3.88. The van der Waals surface area contributed by atoms with E-state index < -0.39 is 0 Å². The zero-order chi connectivity index (χ0) is 17.7. The molecule has 0 saturated carbocycles. The Morgan fingerprint density at radius 3 is 2.65 bits per heavy atom. The third-order valence-corrected chi connectivity index (χ3v) is 5.23. The highest BCUT2D eigenvalue weighted by atomic mass is 35.5. The van der Waals surface area contributed by atoms with Crippen LogP contribution in [0.2, 0.25) is 5.02 Å². The second-order valence-corrected chi connectivity index (χ2v) is 7.16. The van der Waals surface area contributed by atoms with Gasteiger partial charge in [0.2, 0.25) is 5.91 Å². The van der Waals surface area contributed by atoms with Crippen molar-refractivity contribution in [3.05, 3.63) is 71.5 Å². The second kappa shape index (κ2) is 5.85. The monoisotopic (exact) mass is 361 g/mol. The molecule has 3 aromatic carbocycles. The van der Waals surface area contributed by atoms with Gasteiger partial charge in [-0.25, -0.2) is 4.98 Å². The lowest BCUT2D eigenvalue weighted by Crippen LogP contribution is -2.24. The number of carbonyl (C=O) groups is 1. The van der Waals surface area contributed by atoms with E-state index in [-0.39, 0.29) is 11.8 Å². The summed E-state index contributed by atoms with van der Waals surface area (Å²) in [5.41, 5.74) is 2.78. The van der Waals surface area contributed by atoms with Crippen LogP contribution in [0.4, 0.5) is 5.69 Å². The average molecular weight is 362 g/mol. The topological polar surface area (TPSA) is 49.0 Å². The molecule has 0 radical (unpaired) electrons. The maximum atomic E-state index is 12.5. The first-order valence-electron chi connectivity index (χ1n) is 8.62. The normalized spacial score (nSPS) is 17.5. The van der Waals surface area contributed by atoms with Crippen molar-refractivity contribution >= 4 is 45.0 Å². The number of aromatic amines is 1. The summed E-state index contributed by atoms with van der Waals surface area (Å²) in [6.07, 6.45) is 0.450. The van der Waals surface area contributed by atoms with Crippen molar-refractivity contribution in [2.75, 3.05) is 11.4 Å². The first-order valence-corrected chi connectivity index (χ1v) is 8.99. The minimum Gasteiger partial charge on any atom is -0.342 e. The zero-order valence-corrected chi connectivity index (χ0v) is 14.7. The van der Waals surface area contributed by atoms with Gasteiger partial charge in [-0.15, -0.1) is 0 Å². The fourth-order valence-electron chi connectivity index (χ4n) is 3.69. The molecule has 4 aromatic rings. The predicted molar refractivity (Wildman–Crippen MR) is 105 cm³/mol. The summed E-state index contributed by atoms with van der Waals surface area (Å²) in [6, 6.07) is 19.9. The number of aromatic nitrogens is 2. The number of H-pyrrole nitrogens is 1. The maximum Gasteiger partial charge on any atom is 0.227 e. The van der Waals surface area contributed by atoms with Gasteiger partial charge in [0.15, 0.2) is 0 Å². The molecule has 0 spiro atoms. The summed E-state index contributed by atoms with van der Waals surface area (Å²) in [7, 11) is 0. The molecule has 0 unspecified atom stereocenters. The Bertz CT molecular complexity index is 1100. The van der Waals surface area contributed by atoms with Gasteiger partial charge in [0.05, 0.1) is 11.0 Å². The Morgan fingerprint density at radius 1 is 1.04 bits per heavy atom. The SMILES string of the molecule is O=C1C[C@@H](c2nc3cc4ccccc4cc3[nH]2)CN1c1cccc(Cl)c1. The highest BCUT2D eigenvalue weighted by Crippen LogP contribution is 2.33. The van der Waals surface area contributed by atoms with Gasteiger partial charge in [0.1, 0.15) is 5.82 Å². The standard InChI is InChI=1S/C21H16ClN3O/c22-16-6-3-7-17(11-16)25-12-15(10-20(25)26)21-23-18-8-13-4-1-2-5-14(13)9-19(18)24-21/h1-9,11,15H,10,12H2,(H,23,24)/t15-/m1/s1. The Labute approximate surface area is 155 Å². The lowest BCUT2D eigenvalue weighted by Gasteiger charge is -2.16. The lowest BCUT2D eigenvalue weighted by atomic mass is 10.1. The molecule has 5 rings (SSSR count). The van der Waals surface area contributed by atoms with Gasteiger partial charge in [-0.05, 0) is 41.1 Å². The first-order chi connectivity index (χ1) is 12.7. The zero-order valence-electron chi connectivity index (χ0n) is 13.9. The predicted octanol–water partition coefficient (Wildman–Crippen LogP) is 4.89. The first kappa shape index (κ1) is 15.4. The molecular formula is C21H16ClN3O. The van der Waals surface area contributed by atoms with Gasteiger partial charge in [-0.2, -0.15) is 0 Å². The number of nitrogens with one attached hydrogen (secondary N) is 1. The summed E-state index contributed by atoms with van der Waals surface area (Å²) < 4.78 is 0. The summed E-state index contributed by atoms with van der Waals surface area (Å²) in [6.45, 7) is 0.610. The molecule has 0 aliphatic carbocycles. The van der Waals surface area contributed by atoms with Crippen molar-refractivity contribution in [2.45, 2.75) is 12.3 Å². The van der Waals surface area contributed by atoms with E-state index in [2.05, 4.69) is 29.2 Å². The van der Waals surface area contributed by atoms with Crippen molar-refractivity contribution in [3.63, 3.8) is 0 Å². The van der Waals surface area contributed by atoms with Crippen LogP contribution in [0.15, 0.2) is 60.7 Å². The van der Waals surface area contributed by atoms with Crippen LogP contribution in [-0.4, -0.2) is 22.4 Å². The highest BCUT2D eigenvalue weighted by molar-refractivity contribution is 6.30. The van der Waals surface area contributed by atoms with E-state index in [0.717, 1.165) is 22.5 Å². The molecule has 1 amide bonds.